The molecule has 102 valence electrons. The Kier molecular flexibility index (Phi) is 6.15. The third kappa shape index (κ3) is 6.88. The minimum Gasteiger partial charge on any atom is -0.508 e. The summed E-state index contributed by atoms with van der Waals surface area (Å²) in [6.07, 6.45) is 4.37. The van der Waals surface area contributed by atoms with Gasteiger partial charge in [-0.05, 0) is 36.6 Å². The van der Waals surface area contributed by atoms with Crippen LogP contribution in [0.2, 0.25) is 0 Å². The van der Waals surface area contributed by atoms with E-state index in [9.17, 15) is 9.59 Å². The Hall–Kier alpha value is -2.30. The summed E-state index contributed by atoms with van der Waals surface area (Å²) in [5.41, 5.74) is 0.818. The quantitative estimate of drug-likeness (QED) is 0.517. The molecule has 0 spiro atoms. The summed E-state index contributed by atoms with van der Waals surface area (Å²) in [6.45, 7) is 0.464. The van der Waals surface area contributed by atoms with Crippen molar-refractivity contribution < 1.29 is 19.8 Å². The lowest BCUT2D eigenvalue weighted by atomic mass is 10.2. The van der Waals surface area contributed by atoms with Crippen molar-refractivity contribution in [1.29, 1.82) is 0 Å². The lowest BCUT2D eigenvalue weighted by Crippen LogP contribution is -2.22. The summed E-state index contributed by atoms with van der Waals surface area (Å²) in [6, 6.07) is 6.49. The maximum absolute atomic E-state index is 11.4. The average molecular weight is 263 g/mol. The fourth-order valence-electron chi connectivity index (χ4n) is 1.43. The number of aliphatic carboxylic acids is 1. The van der Waals surface area contributed by atoms with Gasteiger partial charge in [0, 0.05) is 19.0 Å². The van der Waals surface area contributed by atoms with Gasteiger partial charge < -0.3 is 15.5 Å². The number of phenolic OH excluding ortho intramolecular Hbond substituents is 1. The van der Waals surface area contributed by atoms with Crippen LogP contribution in [0.3, 0.4) is 0 Å². The van der Waals surface area contributed by atoms with Crippen LogP contribution in [0, 0.1) is 0 Å². The topological polar surface area (TPSA) is 86.6 Å². The van der Waals surface area contributed by atoms with E-state index >= 15 is 0 Å². The van der Waals surface area contributed by atoms with E-state index in [0.29, 0.717) is 19.4 Å². The maximum atomic E-state index is 11.4. The van der Waals surface area contributed by atoms with Crippen molar-refractivity contribution in [2.45, 2.75) is 19.3 Å². The molecule has 0 fully saturated rings. The summed E-state index contributed by atoms with van der Waals surface area (Å²) in [5, 5.41) is 20.2. The highest BCUT2D eigenvalue weighted by atomic mass is 16.4. The minimum absolute atomic E-state index is 0.124. The van der Waals surface area contributed by atoms with Gasteiger partial charge >= 0.3 is 5.97 Å². The number of unbranched alkanes of at least 4 members (excludes halogenated alkanes) is 1. The van der Waals surface area contributed by atoms with Gasteiger partial charge in [-0.1, -0.05) is 12.1 Å². The highest BCUT2D eigenvalue weighted by Crippen LogP contribution is 2.10. The third-order valence-corrected chi connectivity index (χ3v) is 2.44. The molecule has 1 aromatic carbocycles. The Labute approximate surface area is 111 Å². The maximum Gasteiger partial charge on any atom is 0.303 e. The number of carbonyl (C=O) groups excluding carboxylic acids is 1. The number of carbonyl (C=O) groups is 2. The van der Waals surface area contributed by atoms with E-state index in [1.807, 2.05) is 0 Å². The average Bonchev–Trinajstić information content (AvgIpc) is 2.37. The van der Waals surface area contributed by atoms with E-state index in [2.05, 4.69) is 5.32 Å². The first-order chi connectivity index (χ1) is 9.08. The zero-order valence-corrected chi connectivity index (χ0v) is 10.5. The van der Waals surface area contributed by atoms with Crippen LogP contribution in [0.25, 0.3) is 6.08 Å². The molecule has 5 nitrogen and oxygen atoms in total. The fraction of sp³-hybridized carbons (Fsp3) is 0.286. The van der Waals surface area contributed by atoms with Crippen molar-refractivity contribution in [2.24, 2.45) is 0 Å². The molecule has 3 N–H and O–H groups in total. The van der Waals surface area contributed by atoms with Gasteiger partial charge in [-0.25, -0.2) is 0 Å². The molecule has 0 saturated heterocycles. The Balaban J connectivity index is 2.23. The monoisotopic (exact) mass is 263 g/mol. The van der Waals surface area contributed by atoms with Crippen molar-refractivity contribution >= 4 is 18.0 Å². The number of rotatable bonds is 7. The first-order valence-electron chi connectivity index (χ1n) is 6.04. The number of carboxylic acids is 1. The van der Waals surface area contributed by atoms with Gasteiger partial charge in [-0.15, -0.1) is 0 Å². The molecule has 0 aliphatic carbocycles. The van der Waals surface area contributed by atoms with Gasteiger partial charge in [-0.3, -0.25) is 9.59 Å². The van der Waals surface area contributed by atoms with Crippen LogP contribution in [0.4, 0.5) is 0 Å². The Morgan fingerprint density at radius 1 is 1.16 bits per heavy atom. The first kappa shape index (κ1) is 14.8. The highest BCUT2D eigenvalue weighted by Gasteiger charge is 1.98. The van der Waals surface area contributed by atoms with Gasteiger partial charge in [0.1, 0.15) is 5.75 Å². The van der Waals surface area contributed by atoms with E-state index < -0.39 is 5.97 Å². The molecule has 1 amide bonds. The summed E-state index contributed by atoms with van der Waals surface area (Å²) in [5.74, 6) is -0.859. The Morgan fingerprint density at radius 3 is 2.47 bits per heavy atom. The second kappa shape index (κ2) is 7.92. The SMILES string of the molecule is O=C(O)CCCCNC(=O)C=Cc1ccc(O)cc1. The Bertz CT molecular complexity index is 451. The zero-order chi connectivity index (χ0) is 14.1. The van der Waals surface area contributed by atoms with Crippen LogP contribution in [0.15, 0.2) is 30.3 Å². The fourth-order valence-corrected chi connectivity index (χ4v) is 1.43. The number of aromatic hydroxyl groups is 1. The lowest BCUT2D eigenvalue weighted by molar-refractivity contribution is -0.137. The molecule has 0 saturated carbocycles. The second-order valence-corrected chi connectivity index (χ2v) is 4.07. The highest BCUT2D eigenvalue weighted by molar-refractivity contribution is 5.91. The molecule has 0 atom stereocenters. The number of benzene rings is 1. The first-order valence-corrected chi connectivity index (χ1v) is 6.04. The largest absolute Gasteiger partial charge is 0.508 e. The van der Waals surface area contributed by atoms with Gasteiger partial charge in [-0.2, -0.15) is 0 Å². The molecule has 0 bridgehead atoms. The van der Waals surface area contributed by atoms with E-state index in [-0.39, 0.29) is 18.1 Å². The predicted octanol–water partition coefficient (Wildman–Crippen LogP) is 1.78. The van der Waals surface area contributed by atoms with Crippen LogP contribution in [-0.2, 0) is 9.59 Å². The number of hydrogen-bond donors (Lipinski definition) is 3. The summed E-state index contributed by atoms with van der Waals surface area (Å²) in [4.78, 5) is 21.7. The molecule has 1 aromatic rings. The smallest absolute Gasteiger partial charge is 0.303 e. The van der Waals surface area contributed by atoms with Crippen molar-refractivity contribution in [3.8, 4) is 5.75 Å². The second-order valence-electron chi connectivity index (χ2n) is 4.07. The van der Waals surface area contributed by atoms with Crippen LogP contribution >= 0.6 is 0 Å². The van der Waals surface area contributed by atoms with Gasteiger partial charge in [0.2, 0.25) is 5.91 Å². The van der Waals surface area contributed by atoms with E-state index in [0.717, 1.165) is 5.56 Å². The molecular formula is C14H17NO4. The Morgan fingerprint density at radius 2 is 1.84 bits per heavy atom. The molecule has 0 radical (unpaired) electrons. The van der Waals surface area contributed by atoms with E-state index in [1.54, 1.807) is 30.3 Å². The number of nitrogens with one attached hydrogen (secondary N) is 1. The molecule has 0 aliphatic heterocycles. The number of carboxylic acid groups (broad SMARTS) is 1. The van der Waals surface area contributed by atoms with Gasteiger partial charge in [0.15, 0.2) is 0 Å². The van der Waals surface area contributed by atoms with Crippen molar-refractivity contribution in [3.63, 3.8) is 0 Å². The molecule has 0 aliphatic rings. The van der Waals surface area contributed by atoms with Crippen LogP contribution in [0.1, 0.15) is 24.8 Å². The predicted molar refractivity (Wildman–Crippen MR) is 71.6 cm³/mol. The lowest BCUT2D eigenvalue weighted by Gasteiger charge is -2.00. The van der Waals surface area contributed by atoms with Gasteiger partial charge in [0.25, 0.3) is 0 Å². The normalized spacial score (nSPS) is 10.5. The summed E-state index contributed by atoms with van der Waals surface area (Å²) in [7, 11) is 0. The minimum atomic E-state index is -0.821. The summed E-state index contributed by atoms with van der Waals surface area (Å²) >= 11 is 0. The van der Waals surface area contributed by atoms with Gasteiger partial charge in [0.05, 0.1) is 0 Å². The zero-order valence-electron chi connectivity index (χ0n) is 10.5. The van der Waals surface area contributed by atoms with Crippen LogP contribution < -0.4 is 5.32 Å². The molecule has 0 heterocycles. The molecule has 19 heavy (non-hydrogen) atoms. The van der Waals surface area contributed by atoms with E-state index in [4.69, 9.17) is 10.2 Å². The van der Waals surface area contributed by atoms with E-state index in [1.165, 1.54) is 6.08 Å². The summed E-state index contributed by atoms with van der Waals surface area (Å²) < 4.78 is 0. The number of hydrogen-bond acceptors (Lipinski definition) is 3. The molecule has 5 heteroatoms. The standard InChI is InChI=1S/C14H17NO4/c16-12-7-4-11(5-8-12)6-9-13(17)15-10-2-1-3-14(18)19/h4-9,16H,1-3,10H2,(H,15,17)(H,18,19). The third-order valence-electron chi connectivity index (χ3n) is 2.44. The number of amides is 1. The van der Waals surface area contributed by atoms with Crippen LogP contribution in [0.5, 0.6) is 5.75 Å². The van der Waals surface area contributed by atoms with Crippen molar-refractivity contribution in [2.75, 3.05) is 6.54 Å². The molecule has 1 rings (SSSR count). The number of phenols is 1. The van der Waals surface area contributed by atoms with Crippen molar-refractivity contribution in [3.05, 3.63) is 35.9 Å². The van der Waals surface area contributed by atoms with Crippen molar-refractivity contribution in [1.82, 2.24) is 5.32 Å². The van der Waals surface area contributed by atoms with Crippen LogP contribution in [-0.4, -0.2) is 28.6 Å². The molecule has 0 aromatic heterocycles. The molecule has 0 unspecified atom stereocenters. The molecular weight excluding hydrogens is 246 g/mol.